The molecule has 144 valence electrons. The van der Waals surface area contributed by atoms with E-state index in [1.807, 2.05) is 0 Å². The number of aldehydes is 1. The summed E-state index contributed by atoms with van der Waals surface area (Å²) in [5.41, 5.74) is 0. The summed E-state index contributed by atoms with van der Waals surface area (Å²) >= 11 is 0. The second-order valence-corrected chi connectivity index (χ2v) is 5.08. The van der Waals surface area contributed by atoms with Crippen molar-refractivity contribution in [1.82, 2.24) is 0 Å². The number of rotatable bonds is 12. The Hall–Kier alpha value is -0.770. The molecule has 0 saturated heterocycles. The standard InChI is InChI=1S/C12H24O12/c13-1-4(16)7(19)9(21)10(22)12(23)24-11(6(18)3-15)8(20)5(17)2-14/h2,4-13,15-23H,1,3H2/t4-,5+,6-,7+,8-,9+,10-,11-,12-/m1/s1. The molecule has 0 bridgehead atoms. The normalized spacial score (nSPS) is 23.4. The highest BCUT2D eigenvalue weighted by Gasteiger charge is 2.39. The molecule has 12 nitrogen and oxygen atoms in total. The van der Waals surface area contributed by atoms with E-state index < -0.39 is 68.3 Å². The maximum absolute atomic E-state index is 10.4. The molecule has 0 aliphatic rings. The van der Waals surface area contributed by atoms with Crippen LogP contribution in [0.3, 0.4) is 0 Å². The van der Waals surface area contributed by atoms with E-state index in [1.54, 1.807) is 0 Å². The molecule has 0 heterocycles. The first-order valence-corrected chi connectivity index (χ1v) is 6.89. The molecule has 0 unspecified atom stereocenters. The van der Waals surface area contributed by atoms with E-state index in [-0.39, 0.29) is 6.29 Å². The third kappa shape index (κ3) is 6.27. The summed E-state index contributed by atoms with van der Waals surface area (Å²) in [5.74, 6) is 0. The number of carbonyl (C=O) groups excluding carboxylic acids is 1. The molecule has 0 aliphatic carbocycles. The summed E-state index contributed by atoms with van der Waals surface area (Å²) in [6.45, 7) is -1.97. The molecule has 0 aromatic rings. The fourth-order valence-electron chi connectivity index (χ4n) is 1.73. The maximum atomic E-state index is 10.4. The van der Waals surface area contributed by atoms with Crippen molar-refractivity contribution in [2.24, 2.45) is 0 Å². The van der Waals surface area contributed by atoms with E-state index in [1.165, 1.54) is 0 Å². The van der Waals surface area contributed by atoms with Gasteiger partial charge in [0.15, 0.2) is 12.6 Å². The van der Waals surface area contributed by atoms with Gasteiger partial charge in [0.1, 0.15) is 48.8 Å². The molecule has 0 aliphatic heterocycles. The van der Waals surface area contributed by atoms with E-state index in [0.717, 1.165) is 0 Å². The van der Waals surface area contributed by atoms with Gasteiger partial charge in [-0.3, -0.25) is 0 Å². The van der Waals surface area contributed by atoms with Gasteiger partial charge >= 0.3 is 0 Å². The topological polar surface area (TPSA) is 229 Å². The summed E-state index contributed by atoms with van der Waals surface area (Å²) in [7, 11) is 0. The van der Waals surface area contributed by atoms with E-state index >= 15 is 0 Å². The lowest BCUT2D eigenvalue weighted by Crippen LogP contribution is -2.55. The Bertz CT molecular complexity index is 355. The molecule has 0 fully saturated rings. The lowest BCUT2D eigenvalue weighted by atomic mass is 10.0. The number of aliphatic hydroxyl groups excluding tert-OH is 10. The maximum Gasteiger partial charge on any atom is 0.184 e. The van der Waals surface area contributed by atoms with Gasteiger partial charge in [-0.25, -0.2) is 0 Å². The highest BCUT2D eigenvalue weighted by molar-refractivity contribution is 5.56. The van der Waals surface area contributed by atoms with E-state index in [4.69, 9.17) is 15.3 Å². The van der Waals surface area contributed by atoms with Crippen molar-refractivity contribution in [3.8, 4) is 0 Å². The SMILES string of the molecule is O=C[C@H](O)[C@@H](O)[C@H](O[C@@H](O)[C@H](O)[C@@H](O)[C@@H](O)[C@H](O)CO)[C@H](O)CO. The predicted molar refractivity (Wildman–Crippen MR) is 73.2 cm³/mol. The van der Waals surface area contributed by atoms with Gasteiger partial charge in [-0.1, -0.05) is 0 Å². The number of carbonyl (C=O) groups is 1. The first kappa shape index (κ1) is 23.2. The zero-order valence-corrected chi connectivity index (χ0v) is 12.5. The van der Waals surface area contributed by atoms with Crippen molar-refractivity contribution < 1.29 is 60.6 Å². The Kier molecular flexibility index (Phi) is 10.6. The quantitative estimate of drug-likeness (QED) is 0.116. The number of hydrogen-bond donors (Lipinski definition) is 10. The van der Waals surface area contributed by atoms with Crippen LogP contribution in [0.5, 0.6) is 0 Å². The molecule has 0 spiro atoms. The zero-order valence-electron chi connectivity index (χ0n) is 12.5. The lowest BCUT2D eigenvalue weighted by Gasteiger charge is -2.33. The molecule has 0 amide bonds. The highest BCUT2D eigenvalue weighted by Crippen LogP contribution is 2.15. The zero-order chi connectivity index (χ0) is 19.0. The van der Waals surface area contributed by atoms with Crippen LogP contribution >= 0.6 is 0 Å². The molecular weight excluding hydrogens is 336 g/mol. The fraction of sp³-hybridized carbons (Fsp3) is 0.917. The van der Waals surface area contributed by atoms with Crippen LogP contribution in [0.25, 0.3) is 0 Å². The van der Waals surface area contributed by atoms with Crippen LogP contribution < -0.4 is 0 Å². The molecule has 0 aromatic carbocycles. The Balaban J connectivity index is 5.03. The minimum Gasteiger partial charge on any atom is -0.394 e. The van der Waals surface area contributed by atoms with Gasteiger partial charge in [-0.05, 0) is 0 Å². The van der Waals surface area contributed by atoms with Crippen LogP contribution in [0.1, 0.15) is 0 Å². The molecule has 0 rings (SSSR count). The van der Waals surface area contributed by atoms with Gasteiger partial charge in [-0.2, -0.15) is 0 Å². The summed E-state index contributed by atoms with van der Waals surface area (Å²) < 4.78 is 4.65. The van der Waals surface area contributed by atoms with Gasteiger partial charge in [0, 0.05) is 0 Å². The molecule has 0 aromatic heterocycles. The van der Waals surface area contributed by atoms with E-state index in [2.05, 4.69) is 4.74 Å². The average Bonchev–Trinajstić information content (AvgIpc) is 2.60. The van der Waals surface area contributed by atoms with Crippen LogP contribution in [0.15, 0.2) is 0 Å². The minimum atomic E-state index is -2.37. The first-order chi connectivity index (χ1) is 11.1. The largest absolute Gasteiger partial charge is 0.394 e. The van der Waals surface area contributed by atoms with Crippen molar-refractivity contribution in [3.05, 3.63) is 0 Å². The van der Waals surface area contributed by atoms with E-state index in [9.17, 15) is 40.5 Å². The summed E-state index contributed by atoms with van der Waals surface area (Å²) in [5, 5.41) is 93.3. The molecular formula is C12H24O12. The van der Waals surface area contributed by atoms with Crippen molar-refractivity contribution in [3.63, 3.8) is 0 Å². The van der Waals surface area contributed by atoms with E-state index in [0.29, 0.717) is 0 Å². The fourth-order valence-corrected chi connectivity index (χ4v) is 1.73. The molecule has 0 radical (unpaired) electrons. The van der Waals surface area contributed by atoms with Crippen LogP contribution in [0.4, 0.5) is 0 Å². The summed E-state index contributed by atoms with van der Waals surface area (Å²) in [4.78, 5) is 10.4. The van der Waals surface area contributed by atoms with Crippen molar-refractivity contribution in [1.29, 1.82) is 0 Å². The Morgan fingerprint density at radius 1 is 0.708 bits per heavy atom. The minimum absolute atomic E-state index is 0.107. The third-order valence-electron chi connectivity index (χ3n) is 3.26. The Morgan fingerprint density at radius 2 is 1.21 bits per heavy atom. The van der Waals surface area contributed by atoms with Crippen LogP contribution in [-0.2, 0) is 9.53 Å². The predicted octanol–water partition coefficient (Wildman–Crippen LogP) is -6.60. The number of aliphatic hydroxyl groups is 10. The van der Waals surface area contributed by atoms with Gasteiger partial charge in [-0.15, -0.1) is 0 Å². The van der Waals surface area contributed by atoms with Crippen LogP contribution in [-0.4, -0.2) is 126 Å². The van der Waals surface area contributed by atoms with Crippen LogP contribution in [0, 0.1) is 0 Å². The number of hydrogen-bond acceptors (Lipinski definition) is 12. The average molecular weight is 360 g/mol. The molecule has 10 N–H and O–H groups in total. The van der Waals surface area contributed by atoms with Crippen molar-refractivity contribution >= 4 is 6.29 Å². The van der Waals surface area contributed by atoms with Gasteiger partial charge in [0.2, 0.25) is 0 Å². The number of ether oxygens (including phenoxy) is 1. The monoisotopic (exact) mass is 360 g/mol. The second-order valence-electron chi connectivity index (χ2n) is 5.08. The molecule has 12 heteroatoms. The first-order valence-electron chi connectivity index (χ1n) is 6.89. The molecule has 0 saturated carbocycles. The summed E-state index contributed by atoms with van der Waals surface area (Å²) in [6.07, 6.45) is -18.9. The van der Waals surface area contributed by atoms with Crippen molar-refractivity contribution in [2.75, 3.05) is 13.2 Å². The molecule has 24 heavy (non-hydrogen) atoms. The summed E-state index contributed by atoms with van der Waals surface area (Å²) in [6, 6.07) is 0. The van der Waals surface area contributed by atoms with Gasteiger partial charge in [0.25, 0.3) is 0 Å². The molecule has 9 atom stereocenters. The van der Waals surface area contributed by atoms with Crippen molar-refractivity contribution in [2.45, 2.75) is 55.1 Å². The second kappa shape index (κ2) is 11.0. The Morgan fingerprint density at radius 3 is 1.62 bits per heavy atom. The Labute approximate surface area is 136 Å². The van der Waals surface area contributed by atoms with Gasteiger partial charge in [0.05, 0.1) is 13.2 Å². The lowest BCUT2D eigenvalue weighted by molar-refractivity contribution is -0.259. The highest BCUT2D eigenvalue weighted by atomic mass is 16.6. The smallest absolute Gasteiger partial charge is 0.184 e. The van der Waals surface area contributed by atoms with Crippen LogP contribution in [0.2, 0.25) is 0 Å². The van der Waals surface area contributed by atoms with Gasteiger partial charge < -0.3 is 60.6 Å². The third-order valence-corrected chi connectivity index (χ3v) is 3.26.